The summed E-state index contributed by atoms with van der Waals surface area (Å²) >= 11 is 0.855. The molecule has 4 rings (SSSR count). The highest BCUT2D eigenvalue weighted by Gasteiger charge is 2.62. The molecule has 8 nitrogen and oxygen atoms in total. The molecule has 0 unspecified atom stereocenters. The zero-order valence-corrected chi connectivity index (χ0v) is 16.7. The number of amidine groups is 1. The van der Waals surface area contributed by atoms with E-state index in [1.165, 1.54) is 0 Å². The number of aromatic amines is 1. The van der Waals surface area contributed by atoms with E-state index in [2.05, 4.69) is 20.3 Å². The van der Waals surface area contributed by atoms with Crippen LogP contribution in [0.2, 0.25) is 0 Å². The van der Waals surface area contributed by atoms with Gasteiger partial charge < -0.3 is 20.8 Å². The van der Waals surface area contributed by atoms with E-state index in [1.54, 1.807) is 0 Å². The molecule has 0 bridgehead atoms. The highest BCUT2D eigenvalue weighted by Crippen LogP contribution is 2.52. The van der Waals surface area contributed by atoms with Gasteiger partial charge in [0.1, 0.15) is 11.2 Å². The van der Waals surface area contributed by atoms with Crippen LogP contribution in [0.4, 0.5) is 27.6 Å². The maximum Gasteiger partial charge on any atom is 0.415 e. The summed E-state index contributed by atoms with van der Waals surface area (Å²) in [5, 5.41) is 2.18. The second kappa shape index (κ2) is 7.85. The number of hydrogen-bond acceptors (Lipinski definition) is 7. The second-order valence-electron chi connectivity index (χ2n) is 7.14. The van der Waals surface area contributed by atoms with Gasteiger partial charge in [-0.25, -0.2) is 18.8 Å². The van der Waals surface area contributed by atoms with Gasteiger partial charge in [-0.05, 0) is 6.07 Å². The van der Waals surface area contributed by atoms with Crippen LogP contribution in [-0.2, 0) is 10.3 Å². The summed E-state index contributed by atoms with van der Waals surface area (Å²) in [5.74, 6) is -5.27. The van der Waals surface area contributed by atoms with Crippen molar-refractivity contribution in [2.45, 2.75) is 17.8 Å². The molecule has 1 fully saturated rings. The third kappa shape index (κ3) is 3.83. The number of halogens is 5. The zero-order valence-electron chi connectivity index (χ0n) is 15.9. The number of aliphatic imine (C=N–C) groups is 1. The fourth-order valence-electron chi connectivity index (χ4n) is 3.73. The standard InChI is InChI=1S/C18H14F5N5O3S/c19-10-2-7(27-15(30)11-3-26-12(29)4-25-11)1-8(13(10)20)17-6-31-14(18(21,22)23)9(17)5-32-16(24)28-17/h1-4,9,14H,5-6H2,(H2,24,28)(H,26,29)(H,27,30)/t9-,14+,17-/m1/s1. The number of nitrogens with zero attached hydrogens (tertiary/aromatic N) is 2. The number of fused-ring (bicyclic) bond motifs is 1. The maximum absolute atomic E-state index is 14.9. The minimum absolute atomic E-state index is 0.0978. The second-order valence-corrected chi connectivity index (χ2v) is 8.18. The Morgan fingerprint density at radius 1 is 1.34 bits per heavy atom. The molecule has 3 atom stereocenters. The van der Waals surface area contributed by atoms with Gasteiger partial charge in [-0.1, -0.05) is 11.8 Å². The van der Waals surface area contributed by atoms with Crippen molar-refractivity contribution in [3.05, 3.63) is 57.8 Å². The zero-order chi connectivity index (χ0) is 23.3. The van der Waals surface area contributed by atoms with Crippen molar-refractivity contribution >= 4 is 28.5 Å². The molecular formula is C18H14F5N5O3S. The van der Waals surface area contributed by atoms with Crippen LogP contribution < -0.4 is 16.6 Å². The van der Waals surface area contributed by atoms with Gasteiger partial charge >= 0.3 is 6.18 Å². The van der Waals surface area contributed by atoms with Gasteiger partial charge in [0.25, 0.3) is 11.5 Å². The lowest BCUT2D eigenvalue weighted by molar-refractivity contribution is -0.215. The van der Waals surface area contributed by atoms with E-state index in [0.717, 1.165) is 30.2 Å². The summed E-state index contributed by atoms with van der Waals surface area (Å²) in [6.07, 6.45) is -5.15. The predicted molar refractivity (Wildman–Crippen MR) is 104 cm³/mol. The van der Waals surface area contributed by atoms with Crippen LogP contribution in [0.15, 0.2) is 34.3 Å². The number of thioether (sulfide) groups is 1. The van der Waals surface area contributed by atoms with E-state index in [-0.39, 0.29) is 22.3 Å². The molecule has 0 aliphatic carbocycles. The fourth-order valence-corrected chi connectivity index (χ4v) is 4.76. The number of carbonyl (C=O) groups excluding carboxylic acids is 1. The Morgan fingerprint density at radius 2 is 2.09 bits per heavy atom. The predicted octanol–water partition coefficient (Wildman–Crippen LogP) is 2.13. The molecule has 2 aliphatic rings. The summed E-state index contributed by atoms with van der Waals surface area (Å²) in [7, 11) is 0. The van der Waals surface area contributed by atoms with Crippen LogP contribution in [0.1, 0.15) is 16.1 Å². The lowest BCUT2D eigenvalue weighted by Crippen LogP contribution is -2.46. The number of amides is 1. The van der Waals surface area contributed by atoms with Gasteiger partial charge in [-0.15, -0.1) is 0 Å². The molecular weight excluding hydrogens is 461 g/mol. The lowest BCUT2D eigenvalue weighted by Gasteiger charge is -2.36. The molecule has 32 heavy (non-hydrogen) atoms. The number of nitrogens with two attached hydrogens (primary N) is 1. The Bertz CT molecular complexity index is 1150. The monoisotopic (exact) mass is 475 g/mol. The number of aromatic nitrogens is 2. The van der Waals surface area contributed by atoms with Crippen molar-refractivity contribution in [2.24, 2.45) is 16.6 Å². The van der Waals surface area contributed by atoms with Crippen molar-refractivity contribution in [2.75, 3.05) is 17.7 Å². The van der Waals surface area contributed by atoms with Gasteiger partial charge in [0.15, 0.2) is 22.9 Å². The third-order valence-electron chi connectivity index (χ3n) is 5.16. The SMILES string of the molecule is NC1=N[C@@]2(c3cc(NC(=O)c4c[nH]c(=O)cn4)cc(F)c3F)CO[C@H](C(F)(F)F)[C@H]2CS1. The van der Waals surface area contributed by atoms with Gasteiger partial charge in [0, 0.05) is 35.2 Å². The largest absolute Gasteiger partial charge is 0.415 e. The van der Waals surface area contributed by atoms with Crippen LogP contribution in [0.3, 0.4) is 0 Å². The van der Waals surface area contributed by atoms with Crippen molar-refractivity contribution in [3.63, 3.8) is 0 Å². The average Bonchev–Trinajstić information content (AvgIpc) is 3.11. The topological polar surface area (TPSA) is 122 Å². The van der Waals surface area contributed by atoms with E-state index < -0.39 is 59.0 Å². The van der Waals surface area contributed by atoms with Crippen LogP contribution in [0.5, 0.6) is 0 Å². The number of nitrogens with one attached hydrogen (secondary N) is 2. The molecule has 0 spiro atoms. The summed E-state index contributed by atoms with van der Waals surface area (Å²) in [6.45, 7) is -0.682. The first kappa shape index (κ1) is 22.2. The molecule has 0 saturated carbocycles. The fraction of sp³-hybridized carbons (Fsp3) is 0.333. The first-order valence-corrected chi connectivity index (χ1v) is 10.0. The highest BCUT2D eigenvalue weighted by molar-refractivity contribution is 8.13. The summed E-state index contributed by atoms with van der Waals surface area (Å²) in [6, 6.07) is 1.65. The number of H-pyrrole nitrogens is 1. The van der Waals surface area contributed by atoms with E-state index in [4.69, 9.17) is 10.5 Å². The number of hydrogen-bond donors (Lipinski definition) is 3. The van der Waals surface area contributed by atoms with E-state index in [1.807, 2.05) is 0 Å². The van der Waals surface area contributed by atoms with Crippen molar-refractivity contribution in [1.82, 2.24) is 9.97 Å². The summed E-state index contributed by atoms with van der Waals surface area (Å²) in [5.41, 5.74) is 2.21. The van der Waals surface area contributed by atoms with Gasteiger partial charge in [0.2, 0.25) is 0 Å². The molecule has 1 saturated heterocycles. The first-order valence-electron chi connectivity index (χ1n) is 9.03. The highest BCUT2D eigenvalue weighted by atomic mass is 32.2. The van der Waals surface area contributed by atoms with Crippen molar-refractivity contribution in [1.29, 1.82) is 0 Å². The molecule has 2 aliphatic heterocycles. The first-order chi connectivity index (χ1) is 15.0. The summed E-state index contributed by atoms with van der Waals surface area (Å²) < 4.78 is 74.7. The molecule has 170 valence electrons. The molecule has 3 heterocycles. The van der Waals surface area contributed by atoms with E-state index in [9.17, 15) is 31.5 Å². The van der Waals surface area contributed by atoms with Crippen molar-refractivity contribution in [3.8, 4) is 0 Å². The van der Waals surface area contributed by atoms with Crippen LogP contribution in [-0.4, -0.2) is 45.7 Å². The molecule has 0 radical (unpaired) electrons. The van der Waals surface area contributed by atoms with E-state index >= 15 is 0 Å². The number of carbonyl (C=O) groups is 1. The van der Waals surface area contributed by atoms with Crippen LogP contribution in [0.25, 0.3) is 0 Å². The number of rotatable bonds is 3. The summed E-state index contributed by atoms with van der Waals surface area (Å²) in [4.78, 5) is 33.3. The van der Waals surface area contributed by atoms with Gasteiger partial charge in [-0.2, -0.15) is 13.2 Å². The molecule has 2 aromatic rings. The lowest BCUT2D eigenvalue weighted by atomic mass is 9.78. The smallest absolute Gasteiger partial charge is 0.379 e. The number of anilines is 1. The Morgan fingerprint density at radius 3 is 2.75 bits per heavy atom. The average molecular weight is 475 g/mol. The van der Waals surface area contributed by atoms with E-state index in [0.29, 0.717) is 6.07 Å². The minimum atomic E-state index is -4.76. The molecule has 1 aromatic carbocycles. The molecule has 4 N–H and O–H groups in total. The molecule has 1 aromatic heterocycles. The number of ether oxygens (including phenoxy) is 1. The minimum Gasteiger partial charge on any atom is -0.379 e. The Balaban J connectivity index is 1.76. The Labute approximate surface area is 180 Å². The van der Waals surface area contributed by atoms with Crippen LogP contribution in [0, 0.1) is 17.6 Å². The normalized spacial score (nSPS) is 25.2. The van der Waals surface area contributed by atoms with Gasteiger partial charge in [0.05, 0.1) is 12.8 Å². The maximum atomic E-state index is 14.9. The molecule has 1 amide bonds. The third-order valence-corrected chi connectivity index (χ3v) is 6.07. The number of alkyl halides is 3. The number of benzene rings is 1. The van der Waals surface area contributed by atoms with Crippen LogP contribution >= 0.6 is 11.8 Å². The Hall–Kier alpha value is -3.00. The Kier molecular flexibility index (Phi) is 5.45. The van der Waals surface area contributed by atoms with Gasteiger partial charge in [-0.3, -0.25) is 9.59 Å². The molecule has 14 heteroatoms. The van der Waals surface area contributed by atoms with Crippen molar-refractivity contribution < 1.29 is 31.5 Å². The quantitative estimate of drug-likeness (QED) is 0.585.